The zero-order valence-electron chi connectivity index (χ0n) is 12.7. The number of nitrogens with one attached hydrogen (secondary N) is 1. The standard InChI is InChI=1S/C15H24F2N2O/c1-5-18-10-12-8-13(16)15(14(17)9-12)19(4)6-7-20-11(2)3/h8-9,11,18H,5-7,10H2,1-4H3. The molecule has 0 saturated heterocycles. The Hall–Kier alpha value is -1.20. The van der Waals surface area contributed by atoms with Crippen molar-refractivity contribution in [2.24, 2.45) is 0 Å². The lowest BCUT2D eigenvalue weighted by Crippen LogP contribution is -2.26. The summed E-state index contributed by atoms with van der Waals surface area (Å²) < 4.78 is 33.4. The Bertz CT molecular complexity index is 401. The molecule has 0 atom stereocenters. The zero-order valence-corrected chi connectivity index (χ0v) is 12.7. The summed E-state index contributed by atoms with van der Waals surface area (Å²) in [6, 6.07) is 2.75. The molecule has 20 heavy (non-hydrogen) atoms. The van der Waals surface area contributed by atoms with E-state index in [2.05, 4.69) is 5.32 Å². The zero-order chi connectivity index (χ0) is 15.1. The maximum Gasteiger partial charge on any atom is 0.149 e. The molecule has 1 aromatic carbocycles. The molecule has 0 saturated carbocycles. The predicted octanol–water partition coefficient (Wildman–Crippen LogP) is 2.94. The van der Waals surface area contributed by atoms with Crippen LogP contribution in [0.5, 0.6) is 0 Å². The van der Waals surface area contributed by atoms with Crippen molar-refractivity contribution >= 4 is 5.69 Å². The lowest BCUT2D eigenvalue weighted by atomic mass is 10.1. The van der Waals surface area contributed by atoms with Crippen molar-refractivity contribution in [3.63, 3.8) is 0 Å². The van der Waals surface area contributed by atoms with Crippen LogP contribution < -0.4 is 10.2 Å². The monoisotopic (exact) mass is 286 g/mol. The minimum atomic E-state index is -0.537. The molecule has 1 rings (SSSR count). The highest BCUT2D eigenvalue weighted by Gasteiger charge is 2.15. The normalized spacial score (nSPS) is 11.2. The van der Waals surface area contributed by atoms with E-state index >= 15 is 0 Å². The summed E-state index contributed by atoms with van der Waals surface area (Å²) in [6.45, 7) is 7.91. The van der Waals surface area contributed by atoms with Crippen LogP contribution in [0.15, 0.2) is 12.1 Å². The van der Waals surface area contributed by atoms with Crippen molar-refractivity contribution < 1.29 is 13.5 Å². The number of hydrogen-bond acceptors (Lipinski definition) is 3. The van der Waals surface area contributed by atoms with Crippen LogP contribution in [0.2, 0.25) is 0 Å². The molecule has 0 bridgehead atoms. The van der Waals surface area contributed by atoms with Crippen molar-refractivity contribution in [3.05, 3.63) is 29.3 Å². The molecule has 0 unspecified atom stereocenters. The minimum Gasteiger partial charge on any atom is -0.377 e. The van der Waals surface area contributed by atoms with Crippen LogP contribution >= 0.6 is 0 Å². The highest BCUT2D eigenvalue weighted by Crippen LogP contribution is 2.24. The molecule has 1 aromatic rings. The van der Waals surface area contributed by atoms with Crippen LogP contribution in [-0.2, 0) is 11.3 Å². The Morgan fingerprint density at radius 1 is 1.25 bits per heavy atom. The van der Waals surface area contributed by atoms with Crippen molar-refractivity contribution in [1.82, 2.24) is 5.32 Å². The third-order valence-corrected chi connectivity index (χ3v) is 2.92. The van der Waals surface area contributed by atoms with Crippen molar-refractivity contribution in [2.75, 3.05) is 31.6 Å². The van der Waals surface area contributed by atoms with Gasteiger partial charge in [-0.15, -0.1) is 0 Å². The molecule has 0 aliphatic carbocycles. The van der Waals surface area contributed by atoms with Crippen LogP contribution in [0.25, 0.3) is 0 Å². The second-order valence-corrected chi connectivity index (χ2v) is 5.03. The van der Waals surface area contributed by atoms with Gasteiger partial charge in [-0.25, -0.2) is 8.78 Å². The van der Waals surface area contributed by atoms with Gasteiger partial charge in [-0.1, -0.05) is 6.92 Å². The molecule has 0 fully saturated rings. The number of rotatable bonds is 8. The Morgan fingerprint density at radius 2 is 1.85 bits per heavy atom. The van der Waals surface area contributed by atoms with E-state index in [4.69, 9.17) is 4.74 Å². The fourth-order valence-electron chi connectivity index (χ4n) is 1.89. The molecule has 0 spiro atoms. The van der Waals surface area contributed by atoms with Crippen LogP contribution in [0, 0.1) is 11.6 Å². The average molecular weight is 286 g/mol. The minimum absolute atomic E-state index is 0.00222. The van der Waals surface area contributed by atoms with Crippen LogP contribution in [-0.4, -0.2) is 32.8 Å². The molecule has 0 amide bonds. The first-order chi connectivity index (χ1) is 9.45. The van der Waals surface area contributed by atoms with Gasteiger partial charge in [-0.3, -0.25) is 0 Å². The Balaban J connectivity index is 2.74. The van der Waals surface area contributed by atoms with Crippen molar-refractivity contribution in [2.45, 2.75) is 33.4 Å². The van der Waals surface area contributed by atoms with E-state index in [9.17, 15) is 8.78 Å². The maximum absolute atomic E-state index is 14.0. The first kappa shape index (κ1) is 16.9. The summed E-state index contributed by atoms with van der Waals surface area (Å²) in [5, 5.41) is 3.05. The van der Waals surface area contributed by atoms with Crippen LogP contribution in [0.4, 0.5) is 14.5 Å². The topological polar surface area (TPSA) is 24.5 Å². The molecule has 1 N–H and O–H groups in total. The van der Waals surface area contributed by atoms with Gasteiger partial charge in [0.05, 0.1) is 12.7 Å². The second-order valence-electron chi connectivity index (χ2n) is 5.03. The Labute approximate surface area is 119 Å². The molecule has 0 heterocycles. The smallest absolute Gasteiger partial charge is 0.149 e. The largest absolute Gasteiger partial charge is 0.377 e. The summed E-state index contributed by atoms with van der Waals surface area (Å²) in [7, 11) is 1.66. The molecular weight excluding hydrogens is 262 g/mol. The van der Waals surface area contributed by atoms with E-state index in [1.165, 1.54) is 12.1 Å². The summed E-state index contributed by atoms with van der Waals surface area (Å²) in [6.07, 6.45) is 0.112. The molecule has 0 aromatic heterocycles. The summed E-state index contributed by atoms with van der Waals surface area (Å²) in [5.41, 5.74) is 0.607. The van der Waals surface area contributed by atoms with Gasteiger partial charge in [0, 0.05) is 20.1 Å². The lowest BCUT2D eigenvalue weighted by Gasteiger charge is -2.21. The van der Waals surface area contributed by atoms with Gasteiger partial charge < -0.3 is 15.0 Å². The Morgan fingerprint density at radius 3 is 2.35 bits per heavy atom. The molecule has 0 radical (unpaired) electrons. The molecule has 0 aliphatic heterocycles. The fraction of sp³-hybridized carbons (Fsp3) is 0.600. The van der Waals surface area contributed by atoms with Crippen LogP contribution in [0.1, 0.15) is 26.3 Å². The van der Waals surface area contributed by atoms with Gasteiger partial charge in [-0.2, -0.15) is 0 Å². The lowest BCUT2D eigenvalue weighted by molar-refractivity contribution is 0.0845. The van der Waals surface area contributed by atoms with Crippen molar-refractivity contribution in [1.29, 1.82) is 0 Å². The first-order valence-electron chi connectivity index (χ1n) is 6.97. The van der Waals surface area contributed by atoms with Crippen molar-refractivity contribution in [3.8, 4) is 0 Å². The van der Waals surface area contributed by atoms with Gasteiger partial charge in [0.15, 0.2) is 0 Å². The number of hydrogen-bond donors (Lipinski definition) is 1. The van der Waals surface area contributed by atoms with Crippen LogP contribution in [0.3, 0.4) is 0 Å². The molecule has 5 heteroatoms. The quantitative estimate of drug-likeness (QED) is 0.795. The number of ether oxygens (including phenoxy) is 1. The van der Waals surface area contributed by atoms with E-state index in [1.807, 2.05) is 20.8 Å². The summed E-state index contributed by atoms with van der Waals surface area (Å²) in [4.78, 5) is 1.55. The molecule has 3 nitrogen and oxygen atoms in total. The van der Waals surface area contributed by atoms with Gasteiger partial charge in [0.1, 0.15) is 17.3 Å². The maximum atomic E-state index is 14.0. The summed E-state index contributed by atoms with van der Waals surface area (Å²) in [5.74, 6) is -1.07. The molecule has 0 aliphatic rings. The molecule has 114 valence electrons. The SMILES string of the molecule is CCNCc1cc(F)c(N(C)CCOC(C)C)c(F)c1. The first-order valence-corrected chi connectivity index (χ1v) is 6.97. The number of halogens is 2. The number of likely N-dealkylation sites (N-methyl/N-ethyl adjacent to an activating group) is 1. The van der Waals surface area contributed by atoms with E-state index in [1.54, 1.807) is 11.9 Å². The number of benzene rings is 1. The predicted molar refractivity (Wildman–Crippen MR) is 78.1 cm³/mol. The van der Waals surface area contributed by atoms with Gasteiger partial charge in [0.2, 0.25) is 0 Å². The average Bonchev–Trinajstić information content (AvgIpc) is 2.35. The van der Waals surface area contributed by atoms with E-state index in [0.717, 1.165) is 6.54 Å². The van der Waals surface area contributed by atoms with Gasteiger partial charge >= 0.3 is 0 Å². The van der Waals surface area contributed by atoms with Gasteiger partial charge in [-0.05, 0) is 38.1 Å². The van der Waals surface area contributed by atoms with E-state index < -0.39 is 11.6 Å². The number of anilines is 1. The highest BCUT2D eigenvalue weighted by atomic mass is 19.1. The highest BCUT2D eigenvalue weighted by molar-refractivity contribution is 5.50. The number of nitrogens with zero attached hydrogens (tertiary/aromatic N) is 1. The van der Waals surface area contributed by atoms with E-state index in [0.29, 0.717) is 25.3 Å². The third-order valence-electron chi connectivity index (χ3n) is 2.92. The van der Waals surface area contributed by atoms with E-state index in [-0.39, 0.29) is 11.8 Å². The fourth-order valence-corrected chi connectivity index (χ4v) is 1.89. The van der Waals surface area contributed by atoms with Gasteiger partial charge in [0.25, 0.3) is 0 Å². The third kappa shape index (κ3) is 5.06. The second kappa shape index (κ2) is 8.17. The Kier molecular flexibility index (Phi) is 6.88. The summed E-state index contributed by atoms with van der Waals surface area (Å²) >= 11 is 0. The molecular formula is C15H24F2N2O.